The van der Waals surface area contributed by atoms with Crippen LogP contribution in [0.15, 0.2) is 50.8 Å². The van der Waals surface area contributed by atoms with Gasteiger partial charge in [-0.1, -0.05) is 13.0 Å². The molecule has 0 radical (unpaired) electrons. The van der Waals surface area contributed by atoms with Crippen molar-refractivity contribution in [1.29, 1.82) is 0 Å². The van der Waals surface area contributed by atoms with Crippen molar-refractivity contribution in [2.75, 3.05) is 14.1 Å². The van der Waals surface area contributed by atoms with E-state index in [4.69, 9.17) is 4.42 Å². The molecule has 0 unspecified atom stereocenters. The van der Waals surface area contributed by atoms with Gasteiger partial charge < -0.3 is 4.42 Å². The predicted molar refractivity (Wildman–Crippen MR) is 97.6 cm³/mol. The average Bonchev–Trinajstić information content (AvgIpc) is 3.15. The molecule has 1 aromatic carbocycles. The zero-order valence-corrected chi connectivity index (χ0v) is 15.7. The zero-order chi connectivity index (χ0) is 18.9. The molecule has 3 rings (SSSR count). The number of hydrazone groups is 1. The molecule has 0 spiro atoms. The van der Waals surface area contributed by atoms with Crippen LogP contribution in [0.4, 0.5) is 0 Å². The summed E-state index contributed by atoms with van der Waals surface area (Å²) >= 11 is 0. The number of benzene rings is 1. The van der Waals surface area contributed by atoms with Gasteiger partial charge in [0, 0.05) is 25.6 Å². The molecule has 1 fully saturated rings. The topological polar surface area (TPSA) is 92.0 Å². The van der Waals surface area contributed by atoms with E-state index in [9.17, 15) is 13.2 Å². The Balaban J connectivity index is 1.66. The van der Waals surface area contributed by atoms with Gasteiger partial charge in [-0.2, -0.15) is 5.10 Å². The van der Waals surface area contributed by atoms with Crippen molar-refractivity contribution in [1.82, 2.24) is 9.73 Å². The van der Waals surface area contributed by atoms with Crippen LogP contribution in [0, 0.1) is 5.92 Å². The van der Waals surface area contributed by atoms with Gasteiger partial charge in [0.2, 0.25) is 10.0 Å². The Morgan fingerprint density at radius 1 is 1.31 bits per heavy atom. The van der Waals surface area contributed by atoms with Crippen LogP contribution in [0.2, 0.25) is 0 Å². The van der Waals surface area contributed by atoms with Crippen LogP contribution in [0.5, 0.6) is 0 Å². The summed E-state index contributed by atoms with van der Waals surface area (Å²) in [6, 6.07) is 9.54. The van der Waals surface area contributed by atoms with E-state index in [2.05, 4.69) is 17.5 Å². The standard InChI is InChI=1S/C18H21N3O4S/c1-12-9-16(12)17-8-7-14(25-17)11-19-20-18(22)13-5-4-6-15(10-13)26(23,24)21(2)3/h4-8,10-12,16H,9H2,1-3H3,(H,20,22)/b19-11-/t12-,16-/m0/s1. The van der Waals surface area contributed by atoms with Gasteiger partial charge in [-0.05, 0) is 42.7 Å². The SMILES string of the molecule is C[C@H]1C[C@@H]1c1ccc(/C=N\NC(=O)c2cccc(S(=O)(=O)N(C)C)c2)o1. The van der Waals surface area contributed by atoms with Gasteiger partial charge in [-0.25, -0.2) is 18.1 Å². The van der Waals surface area contributed by atoms with E-state index in [0.717, 1.165) is 16.5 Å². The van der Waals surface area contributed by atoms with Crippen LogP contribution in [0.25, 0.3) is 0 Å². The highest BCUT2D eigenvalue weighted by Gasteiger charge is 2.36. The molecule has 1 amide bonds. The number of hydrogen-bond acceptors (Lipinski definition) is 5. The van der Waals surface area contributed by atoms with Crippen LogP contribution in [-0.2, 0) is 10.0 Å². The van der Waals surface area contributed by atoms with Crippen LogP contribution in [0.1, 0.15) is 41.1 Å². The largest absolute Gasteiger partial charge is 0.460 e. The monoisotopic (exact) mass is 375 g/mol. The van der Waals surface area contributed by atoms with Gasteiger partial charge in [-0.3, -0.25) is 4.79 Å². The molecule has 1 aromatic heterocycles. The molecule has 0 aliphatic heterocycles. The maximum atomic E-state index is 12.2. The van der Waals surface area contributed by atoms with Gasteiger partial charge in [-0.15, -0.1) is 0 Å². The number of nitrogens with zero attached hydrogens (tertiary/aromatic N) is 2. The van der Waals surface area contributed by atoms with Gasteiger partial charge in [0.05, 0.1) is 11.1 Å². The van der Waals surface area contributed by atoms with Crippen molar-refractivity contribution in [2.24, 2.45) is 11.0 Å². The fourth-order valence-corrected chi connectivity index (χ4v) is 3.53. The first-order valence-corrected chi connectivity index (χ1v) is 9.69. The van der Waals surface area contributed by atoms with Crippen LogP contribution < -0.4 is 5.43 Å². The van der Waals surface area contributed by atoms with Gasteiger partial charge in [0.25, 0.3) is 5.91 Å². The Kier molecular flexibility index (Phi) is 4.97. The summed E-state index contributed by atoms with van der Waals surface area (Å²) in [5.74, 6) is 2.12. The molecule has 26 heavy (non-hydrogen) atoms. The Morgan fingerprint density at radius 2 is 2.04 bits per heavy atom. The molecule has 1 aliphatic carbocycles. The second-order valence-electron chi connectivity index (χ2n) is 6.57. The molecule has 2 aromatic rings. The lowest BCUT2D eigenvalue weighted by Crippen LogP contribution is -2.23. The number of nitrogens with one attached hydrogen (secondary N) is 1. The molecule has 0 saturated heterocycles. The third kappa shape index (κ3) is 3.86. The summed E-state index contributed by atoms with van der Waals surface area (Å²) in [6.45, 7) is 2.17. The summed E-state index contributed by atoms with van der Waals surface area (Å²) in [7, 11) is -0.727. The zero-order valence-electron chi connectivity index (χ0n) is 14.8. The van der Waals surface area contributed by atoms with Crippen LogP contribution in [0.3, 0.4) is 0 Å². The van der Waals surface area contributed by atoms with Crippen molar-refractivity contribution in [3.63, 3.8) is 0 Å². The molecule has 138 valence electrons. The molecule has 1 N–H and O–H groups in total. The van der Waals surface area contributed by atoms with E-state index in [1.54, 1.807) is 6.07 Å². The first kappa shape index (κ1) is 18.3. The Morgan fingerprint density at radius 3 is 2.69 bits per heavy atom. The molecular formula is C18H21N3O4S. The first-order valence-electron chi connectivity index (χ1n) is 8.25. The second-order valence-corrected chi connectivity index (χ2v) is 8.73. The van der Waals surface area contributed by atoms with Crippen LogP contribution >= 0.6 is 0 Å². The molecule has 1 saturated carbocycles. The smallest absolute Gasteiger partial charge is 0.271 e. The third-order valence-corrected chi connectivity index (χ3v) is 6.17. The Bertz CT molecular complexity index is 947. The number of sulfonamides is 1. The van der Waals surface area contributed by atoms with Crippen molar-refractivity contribution in [3.8, 4) is 0 Å². The van der Waals surface area contributed by atoms with Crippen molar-refractivity contribution in [2.45, 2.75) is 24.2 Å². The highest BCUT2D eigenvalue weighted by molar-refractivity contribution is 7.89. The number of carbonyl (C=O) groups is 1. The van der Waals surface area contributed by atoms with Crippen LogP contribution in [-0.4, -0.2) is 38.9 Å². The van der Waals surface area contributed by atoms with E-state index < -0.39 is 15.9 Å². The molecule has 1 aliphatic rings. The number of amides is 1. The molecule has 7 nitrogen and oxygen atoms in total. The fourth-order valence-electron chi connectivity index (χ4n) is 2.58. The number of rotatable bonds is 6. The first-order chi connectivity index (χ1) is 12.3. The summed E-state index contributed by atoms with van der Waals surface area (Å²) < 4.78 is 31.1. The lowest BCUT2D eigenvalue weighted by atomic mass is 10.2. The minimum Gasteiger partial charge on any atom is -0.460 e. The van der Waals surface area contributed by atoms with E-state index in [1.165, 1.54) is 44.6 Å². The second kappa shape index (κ2) is 7.05. The summed E-state index contributed by atoms with van der Waals surface area (Å²) in [6.07, 6.45) is 2.56. The highest BCUT2D eigenvalue weighted by atomic mass is 32.2. The summed E-state index contributed by atoms with van der Waals surface area (Å²) in [4.78, 5) is 12.2. The molecular weight excluding hydrogens is 354 g/mol. The van der Waals surface area contributed by atoms with Crippen molar-refractivity contribution >= 4 is 22.1 Å². The molecule has 8 heteroatoms. The molecule has 1 heterocycles. The fraction of sp³-hybridized carbons (Fsp3) is 0.333. The van der Waals surface area contributed by atoms with Gasteiger partial charge >= 0.3 is 0 Å². The van der Waals surface area contributed by atoms with Crippen molar-refractivity contribution in [3.05, 3.63) is 53.5 Å². The lowest BCUT2D eigenvalue weighted by molar-refractivity contribution is 0.0955. The third-order valence-electron chi connectivity index (χ3n) is 4.36. The summed E-state index contributed by atoms with van der Waals surface area (Å²) in [5, 5.41) is 3.88. The van der Waals surface area contributed by atoms with Gasteiger partial charge in [0.1, 0.15) is 11.5 Å². The lowest BCUT2D eigenvalue weighted by Gasteiger charge is -2.11. The highest BCUT2D eigenvalue weighted by Crippen LogP contribution is 2.47. The van der Waals surface area contributed by atoms with Gasteiger partial charge in [0.15, 0.2) is 0 Å². The molecule has 0 bridgehead atoms. The van der Waals surface area contributed by atoms with E-state index in [-0.39, 0.29) is 10.5 Å². The predicted octanol–water partition coefficient (Wildman–Crippen LogP) is 2.42. The Hall–Kier alpha value is -2.45. The quantitative estimate of drug-likeness (QED) is 0.620. The average molecular weight is 375 g/mol. The molecule has 2 atom stereocenters. The number of carbonyl (C=O) groups excluding carboxylic acids is 1. The normalized spacial score (nSPS) is 19.8. The number of furan rings is 1. The number of hydrogen-bond donors (Lipinski definition) is 1. The Labute approximate surface area is 152 Å². The van der Waals surface area contributed by atoms with E-state index in [0.29, 0.717) is 17.6 Å². The maximum Gasteiger partial charge on any atom is 0.271 e. The van der Waals surface area contributed by atoms with E-state index >= 15 is 0 Å². The minimum absolute atomic E-state index is 0.0494. The van der Waals surface area contributed by atoms with E-state index in [1.807, 2.05) is 6.07 Å². The maximum absolute atomic E-state index is 12.2. The van der Waals surface area contributed by atoms with Crippen molar-refractivity contribution < 1.29 is 17.6 Å². The minimum atomic E-state index is -3.60. The summed E-state index contributed by atoms with van der Waals surface area (Å²) in [5.41, 5.74) is 2.59.